The van der Waals surface area contributed by atoms with Crippen LogP contribution in [0.4, 0.5) is 0 Å². The molecule has 1 heterocycles. The van der Waals surface area contributed by atoms with Crippen molar-refractivity contribution in [1.82, 2.24) is 21.3 Å². The van der Waals surface area contributed by atoms with Crippen LogP contribution in [0.5, 0.6) is 0 Å². The van der Waals surface area contributed by atoms with Gasteiger partial charge in [-0.25, -0.2) is 4.79 Å². The summed E-state index contributed by atoms with van der Waals surface area (Å²) in [5.41, 5.74) is 0. The quantitative estimate of drug-likeness (QED) is 0.206. The summed E-state index contributed by atoms with van der Waals surface area (Å²) < 4.78 is 0. The van der Waals surface area contributed by atoms with E-state index in [4.69, 9.17) is 5.11 Å². The van der Waals surface area contributed by atoms with Gasteiger partial charge in [-0.2, -0.15) is 0 Å². The molecule has 1 rings (SSSR count). The lowest BCUT2D eigenvalue weighted by Gasteiger charge is -2.24. The first-order chi connectivity index (χ1) is 12.7. The highest BCUT2D eigenvalue weighted by Gasteiger charge is 2.31. The van der Waals surface area contributed by atoms with Crippen LogP contribution in [0.3, 0.4) is 0 Å². The fraction of sp³-hybridized carbons (Fsp3) is 0.750. The highest BCUT2D eigenvalue weighted by Crippen LogP contribution is 2.05. The Labute approximate surface area is 156 Å². The smallest absolute Gasteiger partial charge is 0.326 e. The molecule has 0 aromatic carbocycles. The van der Waals surface area contributed by atoms with Crippen molar-refractivity contribution >= 4 is 23.7 Å². The Morgan fingerprint density at radius 1 is 1.00 bits per heavy atom. The van der Waals surface area contributed by atoms with E-state index in [1.54, 1.807) is 13.8 Å². The van der Waals surface area contributed by atoms with E-state index in [1.165, 1.54) is 0 Å². The predicted molar refractivity (Wildman–Crippen MR) is 93.5 cm³/mol. The van der Waals surface area contributed by atoms with Crippen molar-refractivity contribution < 1.29 is 34.5 Å². The molecule has 1 aliphatic heterocycles. The fourth-order valence-electron chi connectivity index (χ4n) is 2.61. The predicted octanol–water partition coefficient (Wildman–Crippen LogP) is -3.08. The van der Waals surface area contributed by atoms with E-state index in [0.29, 0.717) is 13.0 Å². The minimum absolute atomic E-state index is 0.412. The van der Waals surface area contributed by atoms with Gasteiger partial charge in [0.15, 0.2) is 0 Å². The van der Waals surface area contributed by atoms with Crippen molar-refractivity contribution in [2.45, 2.75) is 50.9 Å². The average Bonchev–Trinajstić information content (AvgIpc) is 3.15. The molecule has 0 aliphatic carbocycles. The van der Waals surface area contributed by atoms with E-state index in [2.05, 4.69) is 21.3 Å². The Morgan fingerprint density at radius 3 is 2.00 bits per heavy atom. The molecule has 0 spiro atoms. The van der Waals surface area contributed by atoms with Crippen molar-refractivity contribution in [3.8, 4) is 0 Å². The molecule has 0 bridgehead atoms. The van der Waals surface area contributed by atoms with Gasteiger partial charge in [-0.05, 0) is 25.3 Å². The second-order valence-electron chi connectivity index (χ2n) is 6.70. The van der Waals surface area contributed by atoms with Crippen molar-refractivity contribution in [2.24, 2.45) is 5.92 Å². The van der Waals surface area contributed by atoms with Gasteiger partial charge < -0.3 is 36.6 Å². The summed E-state index contributed by atoms with van der Waals surface area (Å²) in [4.78, 5) is 47.6. The molecule has 3 amide bonds. The van der Waals surface area contributed by atoms with E-state index >= 15 is 0 Å². The fourth-order valence-corrected chi connectivity index (χ4v) is 2.61. The molecule has 0 aromatic heterocycles. The SMILES string of the molecule is CC(C)C(NC(=O)C(CO)NC(=O)C(CO)NC(=O)C1CCCN1)C(=O)O. The van der Waals surface area contributed by atoms with E-state index in [-0.39, 0.29) is 0 Å². The molecule has 11 heteroatoms. The molecule has 7 N–H and O–H groups in total. The van der Waals surface area contributed by atoms with Crippen molar-refractivity contribution in [1.29, 1.82) is 0 Å². The maximum absolute atomic E-state index is 12.2. The lowest BCUT2D eigenvalue weighted by molar-refractivity contribution is -0.143. The molecule has 1 fully saturated rings. The molecule has 27 heavy (non-hydrogen) atoms. The van der Waals surface area contributed by atoms with Crippen molar-refractivity contribution in [3.63, 3.8) is 0 Å². The molecule has 1 aliphatic rings. The zero-order chi connectivity index (χ0) is 20.6. The van der Waals surface area contributed by atoms with Gasteiger partial charge >= 0.3 is 5.97 Å². The number of aliphatic hydroxyl groups is 2. The average molecular weight is 388 g/mol. The topological polar surface area (TPSA) is 177 Å². The Bertz CT molecular complexity index is 549. The summed E-state index contributed by atoms with van der Waals surface area (Å²) in [6.45, 7) is 2.40. The first kappa shape index (κ1) is 22.8. The molecular formula is C16H28N4O7. The van der Waals surface area contributed by atoms with E-state index in [0.717, 1.165) is 6.42 Å². The minimum atomic E-state index is -1.42. The third kappa shape index (κ3) is 6.77. The number of carboxylic acids is 1. The number of hydrogen-bond donors (Lipinski definition) is 7. The van der Waals surface area contributed by atoms with Gasteiger partial charge in [-0.15, -0.1) is 0 Å². The summed E-state index contributed by atoms with van der Waals surface area (Å²) in [5.74, 6) is -3.85. The number of hydrogen-bond acceptors (Lipinski definition) is 7. The summed E-state index contributed by atoms with van der Waals surface area (Å²) in [6.07, 6.45) is 1.43. The molecule has 4 unspecified atom stereocenters. The van der Waals surface area contributed by atoms with Gasteiger partial charge in [-0.1, -0.05) is 13.8 Å². The van der Waals surface area contributed by atoms with Crippen LogP contribution < -0.4 is 21.3 Å². The van der Waals surface area contributed by atoms with Crippen LogP contribution in [0.1, 0.15) is 26.7 Å². The second-order valence-corrected chi connectivity index (χ2v) is 6.70. The molecular weight excluding hydrogens is 360 g/mol. The summed E-state index contributed by atoms with van der Waals surface area (Å²) in [6, 6.07) is -4.37. The van der Waals surface area contributed by atoms with Gasteiger partial charge in [0.1, 0.15) is 18.1 Å². The van der Waals surface area contributed by atoms with Crippen LogP contribution in [0.2, 0.25) is 0 Å². The maximum Gasteiger partial charge on any atom is 0.326 e. The number of aliphatic carboxylic acids is 1. The normalized spacial score (nSPS) is 19.8. The number of carboxylic acid groups (broad SMARTS) is 1. The monoisotopic (exact) mass is 388 g/mol. The Hall–Kier alpha value is -2.24. The Morgan fingerprint density at radius 2 is 1.56 bits per heavy atom. The largest absolute Gasteiger partial charge is 0.480 e. The Balaban J connectivity index is 2.67. The Kier molecular flexibility index (Phi) is 9.12. The third-order valence-electron chi connectivity index (χ3n) is 4.24. The van der Waals surface area contributed by atoms with Crippen LogP contribution in [-0.2, 0) is 19.2 Å². The number of nitrogens with one attached hydrogen (secondary N) is 4. The number of aliphatic hydroxyl groups excluding tert-OH is 2. The zero-order valence-corrected chi connectivity index (χ0v) is 15.4. The number of rotatable bonds is 10. The summed E-state index contributed by atoms with van der Waals surface area (Å²) in [7, 11) is 0. The number of amides is 3. The highest BCUT2D eigenvalue weighted by molar-refractivity contribution is 5.94. The van der Waals surface area contributed by atoms with Crippen molar-refractivity contribution in [2.75, 3.05) is 19.8 Å². The first-order valence-corrected chi connectivity index (χ1v) is 8.80. The van der Waals surface area contributed by atoms with Gasteiger partial charge in [0.25, 0.3) is 0 Å². The first-order valence-electron chi connectivity index (χ1n) is 8.80. The lowest BCUT2D eigenvalue weighted by atomic mass is 10.0. The van der Waals surface area contributed by atoms with Crippen molar-refractivity contribution in [3.05, 3.63) is 0 Å². The molecule has 4 atom stereocenters. The van der Waals surface area contributed by atoms with E-state index in [1.807, 2.05) is 0 Å². The van der Waals surface area contributed by atoms with Crippen LogP contribution in [0.15, 0.2) is 0 Å². The second kappa shape index (κ2) is 10.8. The standard InChI is InChI=1S/C16H28N4O7/c1-8(2)12(16(26)27)20-15(25)11(7-22)19-14(24)10(6-21)18-13(23)9-4-3-5-17-9/h8-12,17,21-22H,3-7H2,1-2H3,(H,18,23)(H,19,24)(H,20,25)(H,26,27). The maximum atomic E-state index is 12.2. The zero-order valence-electron chi connectivity index (χ0n) is 15.4. The summed E-state index contributed by atoms with van der Waals surface area (Å²) in [5, 5.41) is 37.6. The van der Waals surface area contributed by atoms with Crippen LogP contribution >= 0.6 is 0 Å². The van der Waals surface area contributed by atoms with Crippen LogP contribution in [0, 0.1) is 5.92 Å². The molecule has 0 aromatic rings. The highest BCUT2D eigenvalue weighted by atomic mass is 16.4. The number of carbonyl (C=O) groups excluding carboxylic acids is 3. The van der Waals surface area contributed by atoms with E-state index < -0.39 is 67.0 Å². The minimum Gasteiger partial charge on any atom is -0.480 e. The van der Waals surface area contributed by atoms with E-state index in [9.17, 15) is 29.4 Å². The third-order valence-corrected chi connectivity index (χ3v) is 4.24. The van der Waals surface area contributed by atoms with Crippen LogP contribution in [0.25, 0.3) is 0 Å². The van der Waals surface area contributed by atoms with Gasteiger partial charge in [-0.3, -0.25) is 14.4 Å². The summed E-state index contributed by atoms with van der Waals surface area (Å²) >= 11 is 0. The molecule has 0 radical (unpaired) electrons. The molecule has 154 valence electrons. The van der Waals surface area contributed by atoms with Gasteiger partial charge in [0.2, 0.25) is 17.7 Å². The number of carbonyl (C=O) groups is 4. The molecule has 1 saturated heterocycles. The lowest BCUT2D eigenvalue weighted by Crippen LogP contribution is -2.59. The van der Waals surface area contributed by atoms with Gasteiger partial charge in [0, 0.05) is 0 Å². The molecule has 11 nitrogen and oxygen atoms in total. The van der Waals surface area contributed by atoms with Gasteiger partial charge in [0.05, 0.1) is 19.3 Å². The van der Waals surface area contributed by atoms with Crippen LogP contribution in [-0.4, -0.2) is 82.9 Å². The molecule has 0 saturated carbocycles.